The second kappa shape index (κ2) is 7.43. The first-order valence-corrected chi connectivity index (χ1v) is 10.6. The number of amides is 1. The van der Waals surface area contributed by atoms with Gasteiger partial charge in [-0.1, -0.05) is 12.1 Å². The number of nitrogens with zero attached hydrogens (tertiary/aromatic N) is 1. The smallest absolute Gasteiger partial charge is 0.222 e. The van der Waals surface area contributed by atoms with Gasteiger partial charge in [-0.25, -0.2) is 8.42 Å². The monoisotopic (exact) mass is 367 g/mol. The lowest BCUT2D eigenvalue weighted by Gasteiger charge is -2.43. The fourth-order valence-electron chi connectivity index (χ4n) is 3.32. The van der Waals surface area contributed by atoms with Crippen molar-refractivity contribution >= 4 is 15.7 Å². The summed E-state index contributed by atoms with van der Waals surface area (Å²) in [6, 6.07) is 6.74. The molecule has 1 amide bonds. The molecule has 1 aromatic carbocycles. The topological polar surface area (TPSA) is 72.9 Å². The molecule has 0 N–H and O–H groups in total. The number of carbonyl (C=O) groups excluding carboxylic acids is 1. The Morgan fingerprint density at radius 3 is 2.28 bits per heavy atom. The lowest BCUT2D eigenvalue weighted by Crippen LogP contribution is -2.51. The quantitative estimate of drug-likeness (QED) is 0.811. The van der Waals surface area contributed by atoms with Crippen molar-refractivity contribution in [3.63, 3.8) is 0 Å². The molecule has 2 fully saturated rings. The van der Waals surface area contributed by atoms with E-state index in [1.165, 1.54) is 6.26 Å². The third-order valence-electron chi connectivity index (χ3n) is 4.88. The Hall–Kier alpha value is -1.44. The van der Waals surface area contributed by atoms with Crippen LogP contribution < -0.4 is 0 Å². The summed E-state index contributed by atoms with van der Waals surface area (Å²) in [5, 5.41) is 0. The van der Waals surface area contributed by atoms with Crippen molar-refractivity contribution in [1.29, 1.82) is 0 Å². The van der Waals surface area contributed by atoms with E-state index in [9.17, 15) is 13.2 Å². The minimum atomic E-state index is -3.18. The number of carbonyl (C=O) groups is 1. The zero-order valence-corrected chi connectivity index (χ0v) is 15.4. The Morgan fingerprint density at radius 2 is 1.72 bits per heavy atom. The zero-order valence-electron chi connectivity index (χ0n) is 14.6. The number of sulfone groups is 1. The maximum Gasteiger partial charge on any atom is 0.222 e. The maximum atomic E-state index is 12.4. The van der Waals surface area contributed by atoms with Crippen LogP contribution in [0.3, 0.4) is 0 Å². The number of ether oxygens (including phenoxy) is 2. The number of hydrogen-bond donors (Lipinski definition) is 0. The molecule has 0 radical (unpaired) electrons. The number of rotatable bonds is 4. The molecule has 7 heteroatoms. The largest absolute Gasteiger partial charge is 0.350 e. The van der Waals surface area contributed by atoms with Crippen molar-refractivity contribution in [3.8, 4) is 0 Å². The van der Waals surface area contributed by atoms with E-state index in [1.54, 1.807) is 24.3 Å². The first kappa shape index (κ1) is 18.4. The van der Waals surface area contributed by atoms with Gasteiger partial charge < -0.3 is 14.4 Å². The standard InChI is InChI=1S/C18H25NO5S/c1-25(21,22)16-6-3-15(4-7-16)5-8-17(20)19-11-9-18(10-12-19)23-13-2-14-24-18/h3-4,6-7H,2,5,8-14H2,1H3. The van der Waals surface area contributed by atoms with Crippen molar-refractivity contribution in [2.75, 3.05) is 32.6 Å². The highest BCUT2D eigenvalue weighted by atomic mass is 32.2. The molecule has 25 heavy (non-hydrogen) atoms. The molecular formula is C18H25NO5S. The van der Waals surface area contributed by atoms with Gasteiger partial charge in [0.2, 0.25) is 5.91 Å². The highest BCUT2D eigenvalue weighted by Crippen LogP contribution is 2.31. The zero-order chi connectivity index (χ0) is 17.9. The van der Waals surface area contributed by atoms with Crippen LogP contribution in [0.4, 0.5) is 0 Å². The summed E-state index contributed by atoms with van der Waals surface area (Å²) in [7, 11) is -3.18. The second-order valence-electron chi connectivity index (χ2n) is 6.76. The lowest BCUT2D eigenvalue weighted by atomic mass is 10.0. The molecule has 0 bridgehead atoms. The number of aryl methyl sites for hydroxylation is 1. The first-order valence-electron chi connectivity index (χ1n) is 8.73. The fourth-order valence-corrected chi connectivity index (χ4v) is 3.95. The SMILES string of the molecule is CS(=O)(=O)c1ccc(CCC(=O)N2CCC3(CC2)OCCCO3)cc1. The molecule has 6 nitrogen and oxygen atoms in total. The summed E-state index contributed by atoms with van der Waals surface area (Å²) >= 11 is 0. The summed E-state index contributed by atoms with van der Waals surface area (Å²) in [6.45, 7) is 2.78. The fraction of sp³-hybridized carbons (Fsp3) is 0.611. The van der Waals surface area contributed by atoms with Crippen molar-refractivity contribution in [2.45, 2.75) is 42.8 Å². The second-order valence-corrected chi connectivity index (χ2v) is 8.77. The van der Waals surface area contributed by atoms with Crippen molar-refractivity contribution in [3.05, 3.63) is 29.8 Å². The van der Waals surface area contributed by atoms with Gasteiger partial charge in [-0.3, -0.25) is 4.79 Å². The van der Waals surface area contributed by atoms with Crippen LogP contribution in [0.15, 0.2) is 29.2 Å². The van der Waals surface area contributed by atoms with Crippen molar-refractivity contribution < 1.29 is 22.7 Å². The number of piperidine rings is 1. The van der Waals surface area contributed by atoms with E-state index in [2.05, 4.69) is 0 Å². The molecular weight excluding hydrogens is 342 g/mol. The molecule has 2 saturated heterocycles. The van der Waals surface area contributed by atoms with Crippen molar-refractivity contribution in [2.24, 2.45) is 0 Å². The van der Waals surface area contributed by atoms with Gasteiger partial charge in [0.25, 0.3) is 0 Å². The first-order chi connectivity index (χ1) is 11.9. The molecule has 2 aliphatic rings. The van der Waals surface area contributed by atoms with Gasteiger partial charge >= 0.3 is 0 Å². The van der Waals surface area contributed by atoms with Gasteiger partial charge in [-0.05, 0) is 30.5 Å². The lowest BCUT2D eigenvalue weighted by molar-refractivity contribution is -0.282. The Labute approximate surface area is 149 Å². The van der Waals surface area contributed by atoms with Gasteiger partial charge in [0.05, 0.1) is 18.1 Å². The maximum absolute atomic E-state index is 12.4. The van der Waals surface area contributed by atoms with Crippen LogP contribution in [0, 0.1) is 0 Å². The van der Waals surface area contributed by atoms with E-state index in [-0.39, 0.29) is 5.91 Å². The molecule has 0 saturated carbocycles. The molecule has 1 spiro atoms. The Morgan fingerprint density at radius 1 is 1.12 bits per heavy atom. The van der Waals surface area contributed by atoms with Gasteiger partial charge in [-0.2, -0.15) is 0 Å². The molecule has 0 atom stereocenters. The van der Waals surface area contributed by atoms with Crippen molar-refractivity contribution in [1.82, 2.24) is 4.90 Å². The summed E-state index contributed by atoms with van der Waals surface area (Å²) in [6.07, 6.45) is 4.60. The number of hydrogen-bond acceptors (Lipinski definition) is 5. The molecule has 2 aliphatic heterocycles. The molecule has 0 unspecified atom stereocenters. The van der Waals surface area contributed by atoms with E-state index in [0.717, 1.165) is 38.0 Å². The summed E-state index contributed by atoms with van der Waals surface area (Å²) in [5.74, 6) is -0.353. The third-order valence-corrected chi connectivity index (χ3v) is 6.00. The Balaban J connectivity index is 1.48. The van der Waals surface area contributed by atoms with Gasteiger partial charge in [0.15, 0.2) is 15.6 Å². The number of likely N-dealkylation sites (tertiary alicyclic amines) is 1. The van der Waals surface area contributed by atoms with E-state index in [0.29, 0.717) is 30.8 Å². The van der Waals surface area contributed by atoms with E-state index >= 15 is 0 Å². The molecule has 0 aliphatic carbocycles. The Kier molecular flexibility index (Phi) is 5.46. The van der Waals surface area contributed by atoms with Crippen LogP contribution in [0.25, 0.3) is 0 Å². The van der Waals surface area contributed by atoms with E-state index in [4.69, 9.17) is 9.47 Å². The van der Waals surface area contributed by atoms with Crippen LogP contribution in [-0.2, 0) is 30.5 Å². The van der Waals surface area contributed by atoms with Gasteiger partial charge in [-0.15, -0.1) is 0 Å². The molecule has 1 aromatic rings. The average Bonchev–Trinajstić information content (AvgIpc) is 2.61. The summed E-state index contributed by atoms with van der Waals surface area (Å²) < 4.78 is 34.5. The Bertz CT molecular complexity index is 697. The minimum absolute atomic E-state index is 0.123. The molecule has 3 rings (SSSR count). The summed E-state index contributed by atoms with van der Waals surface area (Å²) in [5.41, 5.74) is 0.966. The predicted octanol–water partition coefficient (Wildman–Crippen LogP) is 1.78. The summed E-state index contributed by atoms with van der Waals surface area (Å²) in [4.78, 5) is 14.6. The normalized spacial score (nSPS) is 20.6. The third kappa shape index (κ3) is 4.59. The highest BCUT2D eigenvalue weighted by Gasteiger charge is 2.39. The predicted molar refractivity (Wildman–Crippen MR) is 92.9 cm³/mol. The van der Waals surface area contributed by atoms with Crippen LogP contribution in [0.5, 0.6) is 0 Å². The van der Waals surface area contributed by atoms with Crippen LogP contribution >= 0.6 is 0 Å². The minimum Gasteiger partial charge on any atom is -0.350 e. The highest BCUT2D eigenvalue weighted by molar-refractivity contribution is 7.90. The molecule has 138 valence electrons. The van der Waals surface area contributed by atoms with Crippen LogP contribution in [0.2, 0.25) is 0 Å². The van der Waals surface area contributed by atoms with Crippen LogP contribution in [0.1, 0.15) is 31.2 Å². The molecule has 2 heterocycles. The molecule has 0 aromatic heterocycles. The number of benzene rings is 1. The van der Waals surface area contributed by atoms with E-state index in [1.807, 2.05) is 4.90 Å². The van der Waals surface area contributed by atoms with Gasteiger partial charge in [0, 0.05) is 38.6 Å². The van der Waals surface area contributed by atoms with E-state index < -0.39 is 15.6 Å². The van der Waals surface area contributed by atoms with Crippen LogP contribution in [-0.4, -0.2) is 57.6 Å². The average molecular weight is 367 g/mol. The van der Waals surface area contributed by atoms with Gasteiger partial charge in [0.1, 0.15) is 0 Å².